The number of hydrogen-bond donors (Lipinski definition) is 0. The Morgan fingerprint density at radius 2 is 2.18 bits per heavy atom. The highest BCUT2D eigenvalue weighted by atomic mass is 35.5. The van der Waals surface area contributed by atoms with Crippen molar-refractivity contribution in [2.75, 3.05) is 13.2 Å². The highest BCUT2D eigenvalue weighted by Crippen LogP contribution is 2.23. The molecule has 17 heavy (non-hydrogen) atoms. The van der Waals surface area contributed by atoms with Crippen molar-refractivity contribution in [2.24, 2.45) is 0 Å². The molecule has 0 spiro atoms. The summed E-state index contributed by atoms with van der Waals surface area (Å²) in [6.07, 6.45) is 4.03. The summed E-state index contributed by atoms with van der Waals surface area (Å²) in [7, 11) is 0. The summed E-state index contributed by atoms with van der Waals surface area (Å²) >= 11 is 11.7. The first-order valence-electron chi connectivity index (χ1n) is 5.24. The first-order chi connectivity index (χ1) is 8.16. The van der Waals surface area contributed by atoms with Crippen LogP contribution in [0.1, 0.15) is 12.0 Å². The molecule has 90 valence electrons. The maximum Gasteiger partial charge on any atom is 0.270 e. The van der Waals surface area contributed by atoms with Gasteiger partial charge in [-0.3, -0.25) is 9.63 Å². The Bertz CT molecular complexity index is 454. The lowest BCUT2D eigenvalue weighted by Crippen LogP contribution is -2.24. The molecule has 1 fully saturated rings. The second kappa shape index (κ2) is 5.54. The number of carbonyl (C=O) groups excluding carboxylic acids is 1. The average Bonchev–Trinajstić information content (AvgIpc) is 2.84. The summed E-state index contributed by atoms with van der Waals surface area (Å²) in [5.74, 6) is -0.159. The molecule has 0 saturated carbocycles. The molecule has 3 nitrogen and oxygen atoms in total. The molecule has 0 aromatic heterocycles. The molecule has 1 aromatic rings. The van der Waals surface area contributed by atoms with Gasteiger partial charge in [-0.25, -0.2) is 5.06 Å². The zero-order valence-electron chi connectivity index (χ0n) is 9.03. The fraction of sp³-hybridized carbons (Fsp3) is 0.250. The molecule has 0 radical (unpaired) electrons. The summed E-state index contributed by atoms with van der Waals surface area (Å²) < 4.78 is 0. The lowest BCUT2D eigenvalue weighted by molar-refractivity contribution is -0.162. The van der Waals surface area contributed by atoms with Crippen LogP contribution in [0.5, 0.6) is 0 Å². The quantitative estimate of drug-likeness (QED) is 0.774. The van der Waals surface area contributed by atoms with Crippen LogP contribution in [0.3, 0.4) is 0 Å². The van der Waals surface area contributed by atoms with Crippen molar-refractivity contribution >= 4 is 35.2 Å². The van der Waals surface area contributed by atoms with Crippen molar-refractivity contribution in [3.8, 4) is 0 Å². The topological polar surface area (TPSA) is 29.5 Å². The monoisotopic (exact) mass is 271 g/mol. The molecule has 5 heteroatoms. The predicted molar refractivity (Wildman–Crippen MR) is 67.8 cm³/mol. The number of hydroxylamine groups is 2. The second-order valence-corrected chi connectivity index (χ2v) is 4.45. The van der Waals surface area contributed by atoms with Gasteiger partial charge in [0.2, 0.25) is 0 Å². The number of rotatable bonds is 2. The van der Waals surface area contributed by atoms with Crippen LogP contribution >= 0.6 is 23.2 Å². The van der Waals surface area contributed by atoms with E-state index in [2.05, 4.69) is 0 Å². The number of hydrogen-bond acceptors (Lipinski definition) is 2. The van der Waals surface area contributed by atoms with Gasteiger partial charge in [-0.05, 0) is 30.2 Å². The summed E-state index contributed by atoms with van der Waals surface area (Å²) in [5, 5.41) is 2.32. The van der Waals surface area contributed by atoms with E-state index in [0.717, 1.165) is 12.0 Å². The van der Waals surface area contributed by atoms with Crippen LogP contribution in [0.4, 0.5) is 0 Å². The molecule has 1 aromatic carbocycles. The molecule has 0 atom stereocenters. The van der Waals surface area contributed by atoms with E-state index >= 15 is 0 Å². The zero-order valence-corrected chi connectivity index (χ0v) is 10.5. The number of nitrogens with zero attached hydrogens (tertiary/aromatic N) is 1. The van der Waals surface area contributed by atoms with Crippen LogP contribution in [-0.2, 0) is 9.63 Å². The number of halogens is 2. The van der Waals surface area contributed by atoms with Gasteiger partial charge >= 0.3 is 0 Å². The molecule has 2 rings (SSSR count). The Morgan fingerprint density at radius 1 is 1.35 bits per heavy atom. The van der Waals surface area contributed by atoms with Crippen LogP contribution < -0.4 is 0 Å². The largest absolute Gasteiger partial charge is 0.271 e. The Hall–Kier alpha value is -1.03. The van der Waals surface area contributed by atoms with Crippen molar-refractivity contribution in [2.45, 2.75) is 6.42 Å². The van der Waals surface area contributed by atoms with Gasteiger partial charge in [0, 0.05) is 6.08 Å². The molecule has 0 bridgehead atoms. The molecule has 0 N–H and O–H groups in total. The van der Waals surface area contributed by atoms with E-state index in [4.69, 9.17) is 28.0 Å². The van der Waals surface area contributed by atoms with Crippen molar-refractivity contribution < 1.29 is 9.63 Å². The molecule has 1 heterocycles. The van der Waals surface area contributed by atoms with E-state index in [1.807, 2.05) is 0 Å². The third-order valence-electron chi connectivity index (χ3n) is 2.36. The second-order valence-electron chi connectivity index (χ2n) is 3.63. The fourth-order valence-corrected chi connectivity index (χ4v) is 1.79. The Morgan fingerprint density at radius 3 is 2.82 bits per heavy atom. The van der Waals surface area contributed by atoms with E-state index in [1.54, 1.807) is 24.3 Å². The minimum Gasteiger partial charge on any atom is -0.271 e. The molecule has 1 amide bonds. The zero-order chi connectivity index (χ0) is 12.3. The molecular formula is C12H11Cl2NO2. The van der Waals surface area contributed by atoms with Gasteiger partial charge in [0.05, 0.1) is 23.2 Å². The third-order valence-corrected chi connectivity index (χ3v) is 3.10. The smallest absolute Gasteiger partial charge is 0.270 e. The van der Waals surface area contributed by atoms with Crippen molar-refractivity contribution in [3.05, 3.63) is 39.9 Å². The summed E-state index contributed by atoms with van der Waals surface area (Å²) in [6.45, 7) is 1.25. The highest BCUT2D eigenvalue weighted by Gasteiger charge is 2.16. The molecule has 0 aliphatic carbocycles. The first kappa shape index (κ1) is 12.4. The van der Waals surface area contributed by atoms with E-state index in [1.165, 1.54) is 11.1 Å². The molecule has 1 aliphatic rings. The summed E-state index contributed by atoms with van der Waals surface area (Å²) in [5.41, 5.74) is 0.826. The predicted octanol–water partition coefficient (Wildman–Crippen LogP) is 3.17. The number of amides is 1. The number of benzene rings is 1. The standard InChI is InChI=1S/C12H11Cl2NO2/c13-10-4-2-9(8-11(10)14)3-5-12(16)15-6-1-7-17-15/h2-5,8H,1,6-7H2/b5-3+. The van der Waals surface area contributed by atoms with Gasteiger partial charge in [-0.1, -0.05) is 29.3 Å². The van der Waals surface area contributed by atoms with Gasteiger partial charge in [0.1, 0.15) is 0 Å². The maximum atomic E-state index is 11.6. The first-order valence-corrected chi connectivity index (χ1v) is 6.00. The summed E-state index contributed by atoms with van der Waals surface area (Å²) in [6, 6.07) is 5.20. The van der Waals surface area contributed by atoms with Crippen molar-refractivity contribution in [1.29, 1.82) is 0 Å². The van der Waals surface area contributed by atoms with Crippen LogP contribution in [0.2, 0.25) is 10.0 Å². The third kappa shape index (κ3) is 3.22. The van der Waals surface area contributed by atoms with Gasteiger partial charge < -0.3 is 0 Å². The Kier molecular flexibility index (Phi) is 4.05. The molecule has 0 unspecified atom stereocenters. The van der Waals surface area contributed by atoms with Gasteiger partial charge in [0.25, 0.3) is 5.91 Å². The van der Waals surface area contributed by atoms with E-state index in [-0.39, 0.29) is 5.91 Å². The van der Waals surface area contributed by atoms with Crippen LogP contribution in [0, 0.1) is 0 Å². The molecule has 1 aliphatic heterocycles. The lowest BCUT2D eigenvalue weighted by atomic mass is 10.2. The molecule has 1 saturated heterocycles. The SMILES string of the molecule is O=C(/C=C/c1ccc(Cl)c(Cl)c1)N1CCCO1. The van der Waals surface area contributed by atoms with E-state index in [9.17, 15) is 4.79 Å². The maximum absolute atomic E-state index is 11.6. The van der Waals surface area contributed by atoms with E-state index in [0.29, 0.717) is 23.2 Å². The van der Waals surface area contributed by atoms with Gasteiger partial charge in [-0.2, -0.15) is 0 Å². The van der Waals surface area contributed by atoms with E-state index < -0.39 is 0 Å². The van der Waals surface area contributed by atoms with Crippen LogP contribution in [-0.4, -0.2) is 24.1 Å². The van der Waals surface area contributed by atoms with Gasteiger partial charge in [0.15, 0.2) is 0 Å². The van der Waals surface area contributed by atoms with Crippen molar-refractivity contribution in [3.63, 3.8) is 0 Å². The minimum absolute atomic E-state index is 0.159. The Labute approximate surface area is 110 Å². The highest BCUT2D eigenvalue weighted by molar-refractivity contribution is 6.42. The van der Waals surface area contributed by atoms with Crippen LogP contribution in [0.25, 0.3) is 6.08 Å². The summed E-state index contributed by atoms with van der Waals surface area (Å²) in [4.78, 5) is 16.8. The molecular weight excluding hydrogens is 261 g/mol. The van der Waals surface area contributed by atoms with Crippen molar-refractivity contribution in [1.82, 2.24) is 5.06 Å². The Balaban J connectivity index is 2.04. The normalized spacial score (nSPS) is 15.8. The lowest BCUT2D eigenvalue weighted by Gasteiger charge is -2.10. The fourth-order valence-electron chi connectivity index (χ4n) is 1.49. The average molecular weight is 272 g/mol. The number of carbonyl (C=O) groups is 1. The van der Waals surface area contributed by atoms with Crippen LogP contribution in [0.15, 0.2) is 24.3 Å². The van der Waals surface area contributed by atoms with Gasteiger partial charge in [-0.15, -0.1) is 0 Å². The minimum atomic E-state index is -0.159.